The SMILES string of the molecule is O=C1CCC(N2Cc3c(NC(=O)CCCCCC(=O)N4CCN(CCOc5ccc(C(=C(CCCl)c6ccccc6)c6ccccc6)cc5)CC4)cccc3C2=O)C(=O)N1. The lowest BCUT2D eigenvalue weighted by Crippen LogP contribution is -2.52. The molecule has 1 atom stereocenters. The summed E-state index contributed by atoms with van der Waals surface area (Å²) >= 11 is 6.32. The van der Waals surface area contributed by atoms with Crippen LogP contribution in [0.5, 0.6) is 5.75 Å². The van der Waals surface area contributed by atoms with Crippen LogP contribution >= 0.6 is 11.6 Å². The molecule has 0 saturated carbocycles. The Labute approximate surface area is 356 Å². The van der Waals surface area contributed by atoms with Gasteiger partial charge in [0, 0.05) is 81.2 Å². The number of piperidine rings is 1. The number of benzene rings is 4. The van der Waals surface area contributed by atoms with Gasteiger partial charge in [-0.05, 0) is 77.8 Å². The van der Waals surface area contributed by atoms with Crippen LogP contribution in [-0.4, -0.2) is 95.5 Å². The van der Waals surface area contributed by atoms with E-state index in [1.807, 2.05) is 29.2 Å². The number of ether oxygens (including phenoxy) is 1. The van der Waals surface area contributed by atoms with Crippen LogP contribution in [-0.2, 0) is 25.7 Å². The average Bonchev–Trinajstić information content (AvgIpc) is 3.61. The number of fused-ring (bicyclic) bond motifs is 1. The van der Waals surface area contributed by atoms with Crippen LogP contribution < -0.4 is 15.4 Å². The summed E-state index contributed by atoms with van der Waals surface area (Å²) in [7, 11) is 0. The minimum Gasteiger partial charge on any atom is -0.492 e. The monoisotopic (exact) mass is 829 g/mol. The Balaban J connectivity index is 0.803. The van der Waals surface area contributed by atoms with E-state index < -0.39 is 11.9 Å². The highest BCUT2D eigenvalue weighted by molar-refractivity contribution is 6.18. The normalized spacial score (nSPS) is 17.2. The van der Waals surface area contributed by atoms with Gasteiger partial charge in [-0.25, -0.2) is 0 Å². The second-order valence-corrected chi connectivity index (χ2v) is 15.8. The number of imide groups is 1. The first-order valence-electron chi connectivity index (χ1n) is 21.0. The summed E-state index contributed by atoms with van der Waals surface area (Å²) < 4.78 is 6.17. The van der Waals surface area contributed by atoms with E-state index in [0.29, 0.717) is 68.1 Å². The number of amides is 5. The molecule has 12 heteroatoms. The average molecular weight is 830 g/mol. The molecule has 2 fully saturated rings. The number of carbonyl (C=O) groups excluding carboxylic acids is 5. The summed E-state index contributed by atoms with van der Waals surface area (Å²) in [5.41, 5.74) is 7.47. The van der Waals surface area contributed by atoms with E-state index in [9.17, 15) is 24.0 Å². The van der Waals surface area contributed by atoms with Crippen molar-refractivity contribution in [3.8, 4) is 5.75 Å². The van der Waals surface area contributed by atoms with Crippen molar-refractivity contribution >= 4 is 58.0 Å². The van der Waals surface area contributed by atoms with Crippen LogP contribution in [0, 0.1) is 0 Å². The molecule has 2 saturated heterocycles. The van der Waals surface area contributed by atoms with Gasteiger partial charge in [-0.1, -0.05) is 85.3 Å². The molecule has 3 aliphatic heterocycles. The van der Waals surface area contributed by atoms with Gasteiger partial charge < -0.3 is 19.9 Å². The van der Waals surface area contributed by atoms with Crippen molar-refractivity contribution in [1.29, 1.82) is 0 Å². The summed E-state index contributed by atoms with van der Waals surface area (Å²) in [6, 6.07) is 33.6. The van der Waals surface area contributed by atoms with E-state index in [1.165, 1.54) is 16.0 Å². The third-order valence-corrected chi connectivity index (χ3v) is 11.7. The zero-order chi connectivity index (χ0) is 41.8. The standard InChI is InChI=1S/C48H52ClN5O6/c49-26-25-38(34-11-4-1-5-12-34)46(35-13-6-2-7-14-35)36-19-21-37(22-20-36)60-32-31-52-27-29-53(30-28-52)45(57)18-9-3-8-17-43(55)50-41-16-10-15-39-40(41)33-54(48(39)59)42-23-24-44(56)51-47(42)58/h1-2,4-7,10-16,19-22,42H,3,8-9,17-18,23-33H2,(H,50,55)(H,51,56,58). The first-order chi connectivity index (χ1) is 29.3. The zero-order valence-corrected chi connectivity index (χ0v) is 34.6. The molecule has 4 aromatic rings. The van der Waals surface area contributed by atoms with Crippen LogP contribution in [0.2, 0.25) is 0 Å². The maximum atomic E-state index is 13.1. The molecule has 5 amide bonds. The molecular weight excluding hydrogens is 778 g/mol. The van der Waals surface area contributed by atoms with Crippen LogP contribution in [0.4, 0.5) is 5.69 Å². The molecule has 2 N–H and O–H groups in total. The molecule has 312 valence electrons. The molecular formula is C48H52ClN5O6. The Morgan fingerprint density at radius 2 is 1.43 bits per heavy atom. The third kappa shape index (κ3) is 10.5. The van der Waals surface area contributed by atoms with E-state index in [2.05, 4.69) is 76.2 Å². The molecule has 4 aromatic carbocycles. The van der Waals surface area contributed by atoms with Crippen molar-refractivity contribution in [1.82, 2.24) is 20.0 Å². The summed E-state index contributed by atoms with van der Waals surface area (Å²) in [5, 5.41) is 5.25. The van der Waals surface area contributed by atoms with Crippen molar-refractivity contribution in [2.45, 2.75) is 64.0 Å². The van der Waals surface area contributed by atoms with Gasteiger partial charge in [0.15, 0.2) is 0 Å². The number of rotatable bonds is 17. The first kappa shape index (κ1) is 42.3. The fourth-order valence-electron chi connectivity index (χ4n) is 8.31. The number of halogens is 1. The van der Waals surface area contributed by atoms with Crippen LogP contribution in [0.25, 0.3) is 11.1 Å². The predicted molar refractivity (Wildman–Crippen MR) is 233 cm³/mol. The summed E-state index contributed by atoms with van der Waals surface area (Å²) in [5.74, 6) is 0.232. The lowest BCUT2D eigenvalue weighted by Gasteiger charge is -2.34. The Hall–Kier alpha value is -5.78. The van der Waals surface area contributed by atoms with E-state index >= 15 is 0 Å². The van der Waals surface area contributed by atoms with Crippen molar-refractivity contribution in [2.24, 2.45) is 0 Å². The summed E-state index contributed by atoms with van der Waals surface area (Å²) in [4.78, 5) is 68.7. The molecule has 0 bridgehead atoms. The number of hydrogen-bond acceptors (Lipinski definition) is 7. The summed E-state index contributed by atoms with van der Waals surface area (Å²) in [6.45, 7) is 4.47. The first-order valence-corrected chi connectivity index (χ1v) is 21.5. The number of nitrogens with one attached hydrogen (secondary N) is 2. The maximum Gasteiger partial charge on any atom is 0.255 e. The number of carbonyl (C=O) groups is 5. The van der Waals surface area contributed by atoms with Gasteiger partial charge >= 0.3 is 0 Å². The van der Waals surface area contributed by atoms with Gasteiger partial charge in [0.25, 0.3) is 5.91 Å². The molecule has 11 nitrogen and oxygen atoms in total. The zero-order valence-electron chi connectivity index (χ0n) is 33.9. The highest BCUT2D eigenvalue weighted by atomic mass is 35.5. The fraction of sp³-hybridized carbons (Fsp3) is 0.354. The van der Waals surface area contributed by atoms with Gasteiger partial charge in [0.1, 0.15) is 18.4 Å². The van der Waals surface area contributed by atoms with E-state index in [-0.39, 0.29) is 43.0 Å². The molecule has 0 aliphatic carbocycles. The lowest BCUT2D eigenvalue weighted by atomic mass is 9.88. The number of hydrogen-bond donors (Lipinski definition) is 2. The highest BCUT2D eigenvalue weighted by Crippen LogP contribution is 2.36. The van der Waals surface area contributed by atoms with Gasteiger partial charge in [-0.3, -0.25) is 34.2 Å². The largest absolute Gasteiger partial charge is 0.492 e. The molecule has 0 spiro atoms. The van der Waals surface area contributed by atoms with E-state index in [4.69, 9.17) is 16.3 Å². The number of alkyl halides is 1. The van der Waals surface area contributed by atoms with Crippen molar-refractivity contribution in [2.75, 3.05) is 50.5 Å². The van der Waals surface area contributed by atoms with Crippen LogP contribution in [0.3, 0.4) is 0 Å². The molecule has 0 radical (unpaired) electrons. The Morgan fingerprint density at radius 3 is 2.13 bits per heavy atom. The van der Waals surface area contributed by atoms with Gasteiger partial charge in [0.2, 0.25) is 23.6 Å². The maximum absolute atomic E-state index is 13.1. The topological polar surface area (TPSA) is 128 Å². The van der Waals surface area contributed by atoms with Gasteiger partial charge in [0.05, 0.1) is 0 Å². The molecule has 0 aromatic heterocycles. The Bertz CT molecular complexity index is 2190. The highest BCUT2D eigenvalue weighted by Gasteiger charge is 2.40. The minimum atomic E-state index is -0.715. The molecule has 1 unspecified atom stereocenters. The van der Waals surface area contributed by atoms with Gasteiger partial charge in [-0.15, -0.1) is 11.6 Å². The van der Waals surface area contributed by atoms with E-state index in [0.717, 1.165) is 54.9 Å². The molecule has 60 heavy (non-hydrogen) atoms. The number of anilines is 1. The number of unbranched alkanes of at least 4 members (excludes halogenated alkanes) is 2. The Morgan fingerprint density at radius 1 is 0.750 bits per heavy atom. The number of allylic oxidation sites excluding steroid dienone is 1. The second kappa shape index (κ2) is 20.5. The van der Waals surface area contributed by atoms with Crippen LogP contribution in [0.1, 0.15) is 84.0 Å². The predicted octanol–water partition coefficient (Wildman–Crippen LogP) is 7.15. The van der Waals surface area contributed by atoms with E-state index in [1.54, 1.807) is 18.2 Å². The van der Waals surface area contributed by atoms with Crippen molar-refractivity contribution < 1.29 is 28.7 Å². The number of piperazine rings is 1. The molecule has 7 rings (SSSR count). The third-order valence-electron chi connectivity index (χ3n) is 11.5. The minimum absolute atomic E-state index is 0.144. The quantitative estimate of drug-likeness (QED) is 0.0501. The Kier molecular flexibility index (Phi) is 14.4. The smallest absolute Gasteiger partial charge is 0.255 e. The molecule has 3 heterocycles. The summed E-state index contributed by atoms with van der Waals surface area (Å²) in [6.07, 6.45) is 4.04. The van der Waals surface area contributed by atoms with Gasteiger partial charge in [-0.2, -0.15) is 0 Å². The number of nitrogens with zero attached hydrogens (tertiary/aromatic N) is 3. The fourth-order valence-corrected chi connectivity index (χ4v) is 8.50. The van der Waals surface area contributed by atoms with Crippen molar-refractivity contribution in [3.63, 3.8) is 0 Å². The van der Waals surface area contributed by atoms with Crippen molar-refractivity contribution in [3.05, 3.63) is 131 Å². The van der Waals surface area contributed by atoms with Crippen LogP contribution in [0.15, 0.2) is 103 Å². The lowest BCUT2D eigenvalue weighted by molar-refractivity contribution is -0.137. The second-order valence-electron chi connectivity index (χ2n) is 15.5. The molecule has 3 aliphatic rings.